The fourth-order valence-electron chi connectivity index (χ4n) is 1.70. The highest BCUT2D eigenvalue weighted by atomic mass is 16.3. The Hall–Kier alpha value is -1.30. The molecule has 0 saturated carbocycles. The second-order valence-corrected chi connectivity index (χ2v) is 4.62. The second-order valence-electron chi connectivity index (χ2n) is 4.62. The molecule has 1 aromatic carbocycles. The van der Waals surface area contributed by atoms with Gasteiger partial charge in [-0.25, -0.2) is 0 Å². The largest absolute Gasteiger partial charge is 0.372 e. The maximum Gasteiger partial charge on any atom is 0.139 e. The van der Waals surface area contributed by atoms with Crippen LogP contribution in [0.3, 0.4) is 0 Å². The van der Waals surface area contributed by atoms with E-state index in [1.807, 2.05) is 31.2 Å². The fraction of sp³-hybridized carbons (Fsp3) is 0.500. The van der Waals surface area contributed by atoms with Crippen molar-refractivity contribution in [1.82, 2.24) is 0 Å². The summed E-state index contributed by atoms with van der Waals surface area (Å²) in [6, 6.07) is 7.54. The number of hydrogen-bond acceptors (Lipinski definition) is 2. The summed E-state index contributed by atoms with van der Waals surface area (Å²) in [4.78, 5) is 0. The summed E-state index contributed by atoms with van der Waals surface area (Å²) in [6.07, 6.45) is 5.01. The Kier molecular flexibility index (Phi) is 5.91. The molecule has 0 aliphatic carbocycles. The van der Waals surface area contributed by atoms with Crippen LogP contribution in [0, 0.1) is 11.8 Å². The van der Waals surface area contributed by atoms with Crippen LogP contribution < -0.4 is 5.73 Å². The van der Waals surface area contributed by atoms with Gasteiger partial charge in [-0.3, -0.25) is 5.73 Å². The molecule has 0 saturated heterocycles. The second kappa shape index (κ2) is 7.20. The van der Waals surface area contributed by atoms with Gasteiger partial charge in [0, 0.05) is 12.0 Å². The van der Waals surface area contributed by atoms with E-state index in [-0.39, 0.29) is 0 Å². The maximum atomic E-state index is 9.99. The zero-order valence-electron chi connectivity index (χ0n) is 11.4. The number of benzene rings is 1. The molecule has 1 unspecified atom stereocenters. The lowest BCUT2D eigenvalue weighted by Gasteiger charge is -2.21. The van der Waals surface area contributed by atoms with Gasteiger partial charge in [0.1, 0.15) is 5.72 Å². The van der Waals surface area contributed by atoms with Crippen molar-refractivity contribution in [3.8, 4) is 11.8 Å². The molecule has 0 aliphatic rings. The molecule has 3 N–H and O–H groups in total. The van der Waals surface area contributed by atoms with Crippen molar-refractivity contribution < 1.29 is 5.11 Å². The average molecular weight is 245 g/mol. The van der Waals surface area contributed by atoms with Crippen LogP contribution in [0.4, 0.5) is 0 Å². The fourth-order valence-corrected chi connectivity index (χ4v) is 1.70. The molecule has 0 radical (unpaired) electrons. The zero-order chi connectivity index (χ0) is 13.4. The van der Waals surface area contributed by atoms with E-state index in [4.69, 9.17) is 5.73 Å². The Morgan fingerprint density at radius 2 is 2.06 bits per heavy atom. The van der Waals surface area contributed by atoms with E-state index in [1.54, 1.807) is 0 Å². The lowest BCUT2D eigenvalue weighted by atomic mass is 9.99. The van der Waals surface area contributed by atoms with Gasteiger partial charge in [-0.1, -0.05) is 50.7 Å². The van der Waals surface area contributed by atoms with E-state index >= 15 is 0 Å². The van der Waals surface area contributed by atoms with Gasteiger partial charge in [0.2, 0.25) is 0 Å². The first-order chi connectivity index (χ1) is 8.60. The zero-order valence-corrected chi connectivity index (χ0v) is 11.4. The molecule has 0 fully saturated rings. The number of unbranched alkanes of at least 4 members (excludes halogenated alkanes) is 3. The molecule has 0 spiro atoms. The molecule has 0 aromatic heterocycles. The van der Waals surface area contributed by atoms with Gasteiger partial charge < -0.3 is 5.11 Å². The van der Waals surface area contributed by atoms with Crippen LogP contribution in [0.1, 0.15) is 57.1 Å². The summed E-state index contributed by atoms with van der Waals surface area (Å²) >= 11 is 0. The maximum absolute atomic E-state index is 9.99. The smallest absolute Gasteiger partial charge is 0.139 e. The van der Waals surface area contributed by atoms with Crippen molar-refractivity contribution >= 4 is 0 Å². The van der Waals surface area contributed by atoms with E-state index in [0.29, 0.717) is 6.42 Å². The SMILES string of the molecule is CCCCCC#Cc1cccc(C(N)(O)CC)c1. The van der Waals surface area contributed by atoms with Crippen molar-refractivity contribution in [2.24, 2.45) is 5.73 Å². The highest BCUT2D eigenvalue weighted by Gasteiger charge is 2.20. The normalized spacial score (nSPS) is 13.6. The van der Waals surface area contributed by atoms with Gasteiger partial charge >= 0.3 is 0 Å². The molecule has 1 rings (SSSR count). The minimum atomic E-state index is -1.25. The van der Waals surface area contributed by atoms with Gasteiger partial charge in [0.25, 0.3) is 0 Å². The standard InChI is InChI=1S/C16H23NO/c1-3-5-6-7-8-10-14-11-9-12-15(13-14)16(17,18)4-2/h9,11-13,18H,3-7,17H2,1-2H3. The lowest BCUT2D eigenvalue weighted by molar-refractivity contribution is 0.0394. The Balaban J connectivity index is 2.71. The molecular formula is C16H23NO. The Morgan fingerprint density at radius 3 is 2.72 bits per heavy atom. The van der Waals surface area contributed by atoms with E-state index < -0.39 is 5.72 Å². The molecule has 1 aromatic rings. The van der Waals surface area contributed by atoms with Crippen molar-refractivity contribution in [3.05, 3.63) is 35.4 Å². The molecule has 0 bridgehead atoms. The van der Waals surface area contributed by atoms with Crippen molar-refractivity contribution in [2.45, 2.75) is 51.7 Å². The highest BCUT2D eigenvalue weighted by molar-refractivity contribution is 5.38. The molecule has 0 aliphatic heterocycles. The summed E-state index contributed by atoms with van der Waals surface area (Å²) in [7, 11) is 0. The third kappa shape index (κ3) is 4.52. The first-order valence-electron chi connectivity index (χ1n) is 6.70. The van der Waals surface area contributed by atoms with Gasteiger partial charge in [0.15, 0.2) is 0 Å². The molecule has 18 heavy (non-hydrogen) atoms. The van der Waals surface area contributed by atoms with Gasteiger partial charge in [-0.05, 0) is 30.5 Å². The Morgan fingerprint density at radius 1 is 1.28 bits per heavy atom. The van der Waals surface area contributed by atoms with Crippen LogP contribution in [-0.2, 0) is 5.72 Å². The minimum absolute atomic E-state index is 0.486. The summed E-state index contributed by atoms with van der Waals surface area (Å²) in [5, 5.41) is 9.99. The average Bonchev–Trinajstić information content (AvgIpc) is 2.39. The van der Waals surface area contributed by atoms with Crippen LogP contribution in [0.5, 0.6) is 0 Å². The van der Waals surface area contributed by atoms with Crippen LogP contribution in [-0.4, -0.2) is 5.11 Å². The molecule has 0 heterocycles. The van der Waals surface area contributed by atoms with Crippen LogP contribution in [0.25, 0.3) is 0 Å². The summed E-state index contributed by atoms with van der Waals surface area (Å²) in [6.45, 7) is 4.05. The number of nitrogens with two attached hydrogens (primary N) is 1. The van der Waals surface area contributed by atoms with Crippen molar-refractivity contribution in [2.75, 3.05) is 0 Å². The minimum Gasteiger partial charge on any atom is -0.372 e. The van der Waals surface area contributed by atoms with Crippen molar-refractivity contribution in [3.63, 3.8) is 0 Å². The highest BCUT2D eigenvalue weighted by Crippen LogP contribution is 2.19. The summed E-state index contributed by atoms with van der Waals surface area (Å²) in [5.41, 5.74) is 6.20. The molecule has 1 atom stereocenters. The third-order valence-corrected chi connectivity index (χ3v) is 3.04. The van der Waals surface area contributed by atoms with E-state index in [2.05, 4.69) is 18.8 Å². The topological polar surface area (TPSA) is 46.2 Å². The van der Waals surface area contributed by atoms with Gasteiger partial charge in [-0.2, -0.15) is 0 Å². The quantitative estimate of drug-likeness (QED) is 0.475. The van der Waals surface area contributed by atoms with Crippen LogP contribution >= 0.6 is 0 Å². The predicted octanol–water partition coefficient (Wildman–Crippen LogP) is 3.13. The number of rotatable bonds is 5. The first kappa shape index (κ1) is 14.8. The molecule has 2 heteroatoms. The van der Waals surface area contributed by atoms with Gasteiger partial charge in [-0.15, -0.1) is 0 Å². The third-order valence-electron chi connectivity index (χ3n) is 3.04. The lowest BCUT2D eigenvalue weighted by Crippen LogP contribution is -2.35. The molecule has 2 nitrogen and oxygen atoms in total. The van der Waals surface area contributed by atoms with Crippen molar-refractivity contribution in [1.29, 1.82) is 0 Å². The Labute approximate surface area is 110 Å². The van der Waals surface area contributed by atoms with E-state index in [1.165, 1.54) is 12.8 Å². The van der Waals surface area contributed by atoms with Gasteiger partial charge in [0.05, 0.1) is 0 Å². The Bertz CT molecular complexity index is 426. The predicted molar refractivity (Wildman–Crippen MR) is 75.8 cm³/mol. The molecule has 0 amide bonds. The van der Waals surface area contributed by atoms with E-state index in [9.17, 15) is 5.11 Å². The van der Waals surface area contributed by atoms with Crippen LogP contribution in [0.15, 0.2) is 24.3 Å². The summed E-state index contributed by atoms with van der Waals surface area (Å²) < 4.78 is 0. The molecule has 98 valence electrons. The monoisotopic (exact) mass is 245 g/mol. The molecular weight excluding hydrogens is 222 g/mol. The first-order valence-corrected chi connectivity index (χ1v) is 6.70. The van der Waals surface area contributed by atoms with E-state index in [0.717, 1.165) is 24.0 Å². The summed E-state index contributed by atoms with van der Waals surface area (Å²) in [5.74, 6) is 6.28. The number of hydrogen-bond donors (Lipinski definition) is 2. The number of aliphatic hydroxyl groups is 1. The van der Waals surface area contributed by atoms with Crippen LogP contribution in [0.2, 0.25) is 0 Å².